The molecule has 0 aliphatic rings. The Morgan fingerprint density at radius 1 is 0.806 bits per heavy atom. The maximum atomic E-state index is 9.10. The van der Waals surface area contributed by atoms with Crippen LogP contribution in [-0.2, 0) is 9.59 Å². The summed E-state index contributed by atoms with van der Waals surface area (Å²) in [6.07, 6.45) is 1.91. The second kappa shape index (κ2) is 11.5. The number of fused-ring (bicyclic) bond motifs is 1. The molecule has 0 unspecified atom stereocenters. The van der Waals surface area contributed by atoms with Gasteiger partial charge >= 0.3 is 11.9 Å². The normalized spacial score (nSPS) is 10.2. The number of unbranched alkanes of at least 4 members (excludes halogenated alkanes) is 1. The van der Waals surface area contributed by atoms with Crippen LogP contribution in [0.1, 0.15) is 29.7 Å². The summed E-state index contributed by atoms with van der Waals surface area (Å²) >= 11 is 0. The first kappa shape index (κ1) is 23.7. The number of carboxylic acids is 2. The molecule has 31 heavy (non-hydrogen) atoms. The van der Waals surface area contributed by atoms with Crippen LogP contribution in [0.2, 0.25) is 0 Å². The van der Waals surface area contributed by atoms with Crippen molar-refractivity contribution in [2.75, 3.05) is 13.2 Å². The second-order valence-corrected chi connectivity index (χ2v) is 7.02. The van der Waals surface area contributed by atoms with Crippen molar-refractivity contribution >= 4 is 22.8 Å². The molecule has 2 N–H and O–H groups in total. The quantitative estimate of drug-likeness (QED) is 0.422. The lowest BCUT2D eigenvalue weighted by molar-refractivity contribution is -0.159. The number of ether oxygens (including phenoxy) is 2. The first-order valence-corrected chi connectivity index (χ1v) is 9.94. The van der Waals surface area contributed by atoms with Crippen LogP contribution in [0.4, 0.5) is 0 Å². The van der Waals surface area contributed by atoms with Crippen LogP contribution in [-0.4, -0.2) is 40.3 Å². The fourth-order valence-electron chi connectivity index (χ4n) is 2.92. The van der Waals surface area contributed by atoms with Gasteiger partial charge in [-0.15, -0.1) is 0 Å². The van der Waals surface area contributed by atoms with Crippen LogP contribution in [0.3, 0.4) is 0 Å². The maximum absolute atomic E-state index is 9.10. The topological polar surface area (TPSA) is 106 Å². The molecule has 7 heteroatoms. The van der Waals surface area contributed by atoms with Gasteiger partial charge in [-0.1, -0.05) is 36.4 Å². The Labute approximate surface area is 181 Å². The average Bonchev–Trinajstić information content (AvgIpc) is 2.73. The van der Waals surface area contributed by atoms with Gasteiger partial charge in [0, 0.05) is 11.1 Å². The minimum atomic E-state index is -1.82. The van der Waals surface area contributed by atoms with Crippen LogP contribution >= 0.6 is 0 Å². The summed E-state index contributed by atoms with van der Waals surface area (Å²) in [6, 6.07) is 16.4. The molecule has 0 bridgehead atoms. The number of aliphatic carboxylic acids is 2. The third-order valence-electron chi connectivity index (χ3n) is 4.46. The Kier molecular flexibility index (Phi) is 8.81. The molecule has 0 fully saturated rings. The molecular weight excluding hydrogens is 398 g/mol. The summed E-state index contributed by atoms with van der Waals surface area (Å²) in [5.74, 6) is -1.78. The summed E-state index contributed by atoms with van der Waals surface area (Å²) in [4.78, 5) is 22.8. The minimum Gasteiger partial charge on any atom is -0.493 e. The largest absolute Gasteiger partial charge is 0.493 e. The van der Waals surface area contributed by atoms with E-state index in [1.165, 1.54) is 11.1 Å². The zero-order valence-corrected chi connectivity index (χ0v) is 17.9. The Balaban J connectivity index is 0.000000501. The van der Waals surface area contributed by atoms with Crippen molar-refractivity contribution < 1.29 is 29.3 Å². The molecule has 164 valence electrons. The number of hydrogen-bond acceptors (Lipinski definition) is 5. The molecule has 7 nitrogen and oxygen atoms in total. The highest BCUT2D eigenvalue weighted by Gasteiger charge is 2.05. The van der Waals surface area contributed by atoms with Gasteiger partial charge in [0.1, 0.15) is 17.0 Å². The van der Waals surface area contributed by atoms with Crippen molar-refractivity contribution in [3.05, 3.63) is 65.4 Å². The molecule has 0 aliphatic heterocycles. The fraction of sp³-hybridized carbons (Fsp3) is 0.292. The zero-order chi connectivity index (χ0) is 22.8. The Bertz CT molecular complexity index is 1020. The van der Waals surface area contributed by atoms with Gasteiger partial charge in [0.25, 0.3) is 0 Å². The maximum Gasteiger partial charge on any atom is 0.414 e. The third-order valence-corrected chi connectivity index (χ3v) is 4.46. The van der Waals surface area contributed by atoms with E-state index < -0.39 is 11.9 Å². The van der Waals surface area contributed by atoms with E-state index in [1.807, 2.05) is 25.1 Å². The van der Waals surface area contributed by atoms with Gasteiger partial charge in [0.05, 0.1) is 13.2 Å². The molecule has 2 aromatic carbocycles. The number of carboxylic acid groups (broad SMARTS) is 2. The van der Waals surface area contributed by atoms with E-state index in [1.54, 1.807) is 0 Å². The number of pyridine rings is 1. The lowest BCUT2D eigenvalue weighted by atomic mass is 10.1. The number of carbonyl (C=O) groups is 2. The summed E-state index contributed by atoms with van der Waals surface area (Å²) in [5.41, 5.74) is 4.32. The predicted octanol–water partition coefficient (Wildman–Crippen LogP) is 4.55. The number of aryl methyl sites for hydroxylation is 3. The third kappa shape index (κ3) is 7.29. The van der Waals surface area contributed by atoms with Crippen molar-refractivity contribution in [2.24, 2.45) is 0 Å². The van der Waals surface area contributed by atoms with Crippen molar-refractivity contribution in [1.29, 1.82) is 0 Å². The van der Waals surface area contributed by atoms with Gasteiger partial charge in [-0.05, 0) is 56.9 Å². The number of nitrogens with zero attached hydrogens (tertiary/aromatic N) is 1. The van der Waals surface area contributed by atoms with Crippen LogP contribution in [0, 0.1) is 20.8 Å². The molecule has 0 aliphatic carbocycles. The SMILES string of the molecule is Cc1ccc2cccc(OCCCCOc3c(C)cccc3C)c2n1.O=C(O)C(=O)O. The smallest absolute Gasteiger partial charge is 0.414 e. The van der Waals surface area contributed by atoms with E-state index in [-0.39, 0.29) is 0 Å². The van der Waals surface area contributed by atoms with E-state index in [9.17, 15) is 0 Å². The Morgan fingerprint density at radius 3 is 2.00 bits per heavy atom. The molecule has 0 amide bonds. The Morgan fingerprint density at radius 2 is 1.39 bits per heavy atom. The fourth-order valence-corrected chi connectivity index (χ4v) is 2.92. The lowest BCUT2D eigenvalue weighted by Crippen LogP contribution is -2.09. The number of rotatable bonds is 7. The first-order chi connectivity index (χ1) is 14.8. The lowest BCUT2D eigenvalue weighted by Gasteiger charge is -2.12. The van der Waals surface area contributed by atoms with Crippen LogP contribution < -0.4 is 9.47 Å². The molecule has 0 spiro atoms. The van der Waals surface area contributed by atoms with Crippen molar-refractivity contribution in [1.82, 2.24) is 4.98 Å². The molecule has 1 aromatic heterocycles. The van der Waals surface area contributed by atoms with Crippen molar-refractivity contribution in [2.45, 2.75) is 33.6 Å². The average molecular weight is 425 g/mol. The van der Waals surface area contributed by atoms with Crippen molar-refractivity contribution in [3.63, 3.8) is 0 Å². The van der Waals surface area contributed by atoms with E-state index in [4.69, 9.17) is 29.3 Å². The zero-order valence-electron chi connectivity index (χ0n) is 17.9. The highest BCUT2D eigenvalue weighted by Crippen LogP contribution is 2.24. The summed E-state index contributed by atoms with van der Waals surface area (Å²) in [5, 5.41) is 15.9. The number of para-hydroxylation sites is 2. The van der Waals surface area contributed by atoms with Gasteiger partial charge < -0.3 is 19.7 Å². The van der Waals surface area contributed by atoms with Gasteiger partial charge in [0.15, 0.2) is 0 Å². The molecular formula is C24H27NO6. The molecule has 1 heterocycles. The summed E-state index contributed by atoms with van der Waals surface area (Å²) in [7, 11) is 0. The van der Waals surface area contributed by atoms with Gasteiger partial charge in [-0.3, -0.25) is 0 Å². The van der Waals surface area contributed by atoms with Crippen LogP contribution in [0.5, 0.6) is 11.5 Å². The molecule has 0 atom stereocenters. The van der Waals surface area contributed by atoms with Gasteiger partial charge in [0.2, 0.25) is 0 Å². The number of aromatic nitrogens is 1. The number of benzene rings is 2. The molecule has 0 radical (unpaired) electrons. The van der Waals surface area contributed by atoms with Crippen LogP contribution in [0.25, 0.3) is 10.9 Å². The molecule has 3 aromatic rings. The molecule has 0 saturated carbocycles. The summed E-state index contributed by atoms with van der Waals surface area (Å²) < 4.78 is 11.9. The van der Waals surface area contributed by atoms with Crippen molar-refractivity contribution in [3.8, 4) is 11.5 Å². The molecule has 3 rings (SSSR count). The van der Waals surface area contributed by atoms with Crippen LogP contribution in [0.15, 0.2) is 48.5 Å². The predicted molar refractivity (Wildman–Crippen MR) is 118 cm³/mol. The number of hydrogen-bond donors (Lipinski definition) is 2. The Hall–Kier alpha value is -3.61. The van der Waals surface area contributed by atoms with E-state index in [0.717, 1.165) is 40.9 Å². The highest BCUT2D eigenvalue weighted by atomic mass is 16.5. The first-order valence-electron chi connectivity index (χ1n) is 9.94. The van der Waals surface area contributed by atoms with E-state index >= 15 is 0 Å². The summed E-state index contributed by atoms with van der Waals surface area (Å²) in [6.45, 7) is 7.55. The molecule has 0 saturated heterocycles. The van der Waals surface area contributed by atoms with E-state index in [2.05, 4.69) is 49.2 Å². The van der Waals surface area contributed by atoms with E-state index in [0.29, 0.717) is 13.2 Å². The minimum absolute atomic E-state index is 0.671. The second-order valence-electron chi connectivity index (χ2n) is 7.02. The van der Waals surface area contributed by atoms with Gasteiger partial charge in [-0.2, -0.15) is 0 Å². The standard InChI is InChI=1S/C22H25NO2.C2H2O4/c1-16-8-6-9-17(2)22(16)25-15-5-4-14-24-20-11-7-10-19-13-12-18(3)23-21(19)20;3-1(4)2(5)6/h6-13H,4-5,14-15H2,1-3H3;(H,3,4)(H,5,6). The highest BCUT2D eigenvalue weighted by molar-refractivity contribution is 6.27. The van der Waals surface area contributed by atoms with Gasteiger partial charge in [-0.25, -0.2) is 14.6 Å². The monoisotopic (exact) mass is 425 g/mol.